The van der Waals surface area contributed by atoms with E-state index in [2.05, 4.69) is 12.7 Å². The van der Waals surface area contributed by atoms with E-state index in [0.717, 1.165) is 15.2 Å². The number of hydrogen-bond donors (Lipinski definition) is 0. The Kier molecular flexibility index (Phi) is 22.3. The van der Waals surface area contributed by atoms with Gasteiger partial charge in [0.1, 0.15) is 0 Å². The number of hydrogen-bond acceptors (Lipinski definition) is 2. The maximum atomic E-state index is 8.35. The van der Waals surface area contributed by atoms with Crippen molar-refractivity contribution < 1.29 is 9.46 Å². The summed E-state index contributed by atoms with van der Waals surface area (Å²) >= 11 is 0.786. The zero-order valence-electron chi connectivity index (χ0n) is 5.26. The Bertz CT molecular complexity index is 41.0. The molecule has 0 aromatic rings. The van der Waals surface area contributed by atoms with Crippen LogP contribution in [0.3, 0.4) is 0 Å². The molecule has 0 unspecified atom stereocenters. The molecular formula is C4H10AlO2P. The molecule has 0 heterocycles. The van der Waals surface area contributed by atoms with Gasteiger partial charge in [-0.05, 0) is 0 Å². The third-order valence-corrected chi connectivity index (χ3v) is 1.73. The van der Waals surface area contributed by atoms with Crippen LogP contribution < -0.4 is 4.89 Å². The first-order valence-electron chi connectivity index (χ1n) is 2.56. The van der Waals surface area contributed by atoms with Crippen LogP contribution in [0.4, 0.5) is 0 Å². The van der Waals surface area contributed by atoms with Gasteiger partial charge in [0.25, 0.3) is 0 Å². The molecule has 0 aliphatic heterocycles. The molecule has 0 aliphatic carbocycles. The number of rotatable bonds is 2. The van der Waals surface area contributed by atoms with Crippen molar-refractivity contribution in [3.8, 4) is 0 Å². The average molecular weight is 148 g/mol. The molecule has 0 N–H and O–H groups in total. The Morgan fingerprint density at radius 3 is 2.12 bits per heavy atom. The standard InChI is InChI=1S/C3H7.CH3.Al.HO2P/c1-3-2;;;1-3-2/h1,3H2,2H3;1H3;;(H,1,2)/q;;+1;/p-1. The van der Waals surface area contributed by atoms with Crippen LogP contribution in [-0.2, 0) is 4.57 Å². The maximum Gasteiger partial charge on any atom is 0.0642 e. The van der Waals surface area contributed by atoms with Crippen LogP contribution in [0.15, 0.2) is 0 Å². The molecule has 0 aromatic carbocycles. The van der Waals surface area contributed by atoms with E-state index in [1.807, 2.05) is 0 Å². The molecular weight excluding hydrogens is 138 g/mol. The molecule has 0 radical (unpaired) electrons. The SMILES string of the molecule is CC[CH2][Al+][CH3].O=P[O-]. The molecule has 8 heavy (non-hydrogen) atoms. The second-order valence-corrected chi connectivity index (χ2v) is 2.81. The minimum Gasteiger partial charge on any atom is -0.772 e. The fraction of sp³-hybridized carbons (Fsp3) is 1.00. The van der Waals surface area contributed by atoms with Gasteiger partial charge in [0, 0.05) is 0 Å². The van der Waals surface area contributed by atoms with E-state index in [1.165, 1.54) is 11.7 Å². The van der Waals surface area contributed by atoms with Crippen molar-refractivity contribution in [1.29, 1.82) is 0 Å². The second kappa shape index (κ2) is 15.6. The molecule has 0 spiro atoms. The minimum atomic E-state index is -1.08. The van der Waals surface area contributed by atoms with Crippen LogP contribution in [0.1, 0.15) is 13.3 Å². The van der Waals surface area contributed by atoms with Gasteiger partial charge in [-0.3, -0.25) is 4.57 Å². The molecule has 46 valence electrons. The summed E-state index contributed by atoms with van der Waals surface area (Å²) in [4.78, 5) is 8.35. The molecule has 0 atom stereocenters. The predicted octanol–water partition coefficient (Wildman–Crippen LogP) is 1.12. The first-order valence-corrected chi connectivity index (χ1v) is 5.26. The summed E-state index contributed by atoms with van der Waals surface area (Å²) in [6.07, 6.45) is 1.38. The van der Waals surface area contributed by atoms with Crippen molar-refractivity contribution in [2.75, 3.05) is 0 Å². The van der Waals surface area contributed by atoms with Gasteiger partial charge < -0.3 is 4.89 Å². The molecule has 0 amide bonds. The Morgan fingerprint density at radius 1 is 1.75 bits per heavy atom. The summed E-state index contributed by atoms with van der Waals surface area (Å²) < 4.78 is 8.35. The van der Waals surface area contributed by atoms with Gasteiger partial charge >= 0.3 is 39.6 Å². The third-order valence-electron chi connectivity index (χ3n) is 0.577. The van der Waals surface area contributed by atoms with Crippen molar-refractivity contribution in [2.45, 2.75) is 24.4 Å². The van der Waals surface area contributed by atoms with E-state index in [1.54, 1.807) is 0 Å². The first-order chi connectivity index (χ1) is 3.83. The van der Waals surface area contributed by atoms with Gasteiger partial charge in [-0.15, -0.1) is 0 Å². The van der Waals surface area contributed by atoms with Crippen LogP contribution in [-0.4, -0.2) is 15.2 Å². The van der Waals surface area contributed by atoms with Crippen LogP contribution in [0.5, 0.6) is 0 Å². The van der Waals surface area contributed by atoms with E-state index in [9.17, 15) is 0 Å². The van der Waals surface area contributed by atoms with Gasteiger partial charge in [0.05, 0.1) is 8.69 Å². The summed E-state index contributed by atoms with van der Waals surface area (Å²) in [7, 11) is -1.08. The first kappa shape index (κ1) is 11.4. The van der Waals surface area contributed by atoms with Crippen LogP contribution in [0, 0.1) is 0 Å². The summed E-state index contributed by atoms with van der Waals surface area (Å²) in [5.74, 6) is 2.30. The molecule has 0 aliphatic rings. The molecule has 0 saturated heterocycles. The maximum absolute atomic E-state index is 8.35. The van der Waals surface area contributed by atoms with E-state index in [0.29, 0.717) is 0 Å². The molecule has 0 fully saturated rings. The van der Waals surface area contributed by atoms with E-state index in [-0.39, 0.29) is 0 Å². The molecule has 4 heteroatoms. The minimum absolute atomic E-state index is 0.786. The van der Waals surface area contributed by atoms with Gasteiger partial charge in [0.2, 0.25) is 0 Å². The zero-order chi connectivity index (χ0) is 6.83. The monoisotopic (exact) mass is 148 g/mol. The van der Waals surface area contributed by atoms with Gasteiger partial charge in [-0.1, -0.05) is 0 Å². The Balaban J connectivity index is 0. The van der Waals surface area contributed by atoms with Crippen molar-refractivity contribution in [3.05, 3.63) is 0 Å². The van der Waals surface area contributed by atoms with Crippen molar-refractivity contribution in [3.63, 3.8) is 0 Å². The molecule has 2 nitrogen and oxygen atoms in total. The Labute approximate surface area is 58.3 Å². The smallest absolute Gasteiger partial charge is 0.0642 e. The largest absolute Gasteiger partial charge is 0.772 e. The average Bonchev–Trinajstić information content (AvgIpc) is 1.71. The van der Waals surface area contributed by atoms with Crippen LogP contribution >= 0.6 is 8.69 Å². The van der Waals surface area contributed by atoms with Crippen LogP contribution in [0.2, 0.25) is 11.1 Å². The van der Waals surface area contributed by atoms with Gasteiger partial charge in [-0.25, -0.2) is 0 Å². The van der Waals surface area contributed by atoms with E-state index in [4.69, 9.17) is 9.46 Å². The Hall–Kier alpha value is 0.592. The fourth-order valence-corrected chi connectivity index (χ4v) is 0.866. The fourth-order valence-electron chi connectivity index (χ4n) is 0.289. The topological polar surface area (TPSA) is 40.1 Å². The summed E-state index contributed by atoms with van der Waals surface area (Å²) in [5, 5.41) is 1.47. The quantitative estimate of drug-likeness (QED) is 0.434. The molecule has 0 bridgehead atoms. The molecule has 0 saturated carbocycles. The Morgan fingerprint density at radius 2 is 2.12 bits per heavy atom. The van der Waals surface area contributed by atoms with Crippen molar-refractivity contribution in [2.24, 2.45) is 0 Å². The van der Waals surface area contributed by atoms with Crippen LogP contribution in [0.25, 0.3) is 0 Å². The second-order valence-electron chi connectivity index (χ2n) is 1.27. The van der Waals surface area contributed by atoms with Gasteiger partial charge in [-0.2, -0.15) is 0 Å². The molecule has 0 rings (SSSR count). The summed E-state index contributed by atoms with van der Waals surface area (Å²) in [5.41, 5.74) is 0. The summed E-state index contributed by atoms with van der Waals surface area (Å²) in [6, 6.07) is 0. The van der Waals surface area contributed by atoms with Crippen molar-refractivity contribution in [1.82, 2.24) is 0 Å². The molecule has 0 aromatic heterocycles. The normalized spacial score (nSPS) is 6.88. The predicted molar refractivity (Wildman–Crippen MR) is 34.3 cm³/mol. The third kappa shape index (κ3) is 30.7. The zero-order valence-corrected chi connectivity index (χ0v) is 7.30. The van der Waals surface area contributed by atoms with E-state index < -0.39 is 8.69 Å². The van der Waals surface area contributed by atoms with E-state index >= 15 is 0 Å². The van der Waals surface area contributed by atoms with Gasteiger partial charge in [0.15, 0.2) is 0 Å². The summed E-state index contributed by atoms with van der Waals surface area (Å²) in [6.45, 7) is 2.23. The van der Waals surface area contributed by atoms with Crippen molar-refractivity contribution >= 4 is 23.9 Å².